The average Bonchev–Trinajstić information content (AvgIpc) is 3.22. The van der Waals surface area contributed by atoms with Crippen LogP contribution in [0.25, 0.3) is 22.2 Å². The van der Waals surface area contributed by atoms with Crippen LogP contribution in [0.5, 0.6) is 5.75 Å². The standard InChI is InChI=1S/C23H20N4O4/c1-30-19-6-2-4-16-10-20(31-22(16)19)23(29)26-12-15(13-26)14-27-21(28)8-7-18(25-27)17-5-3-9-24-11-17/h2-11,15H,12-14H2,1H3. The number of furan rings is 1. The van der Waals surface area contributed by atoms with Crippen molar-refractivity contribution in [3.05, 3.63) is 77.0 Å². The summed E-state index contributed by atoms with van der Waals surface area (Å²) in [4.78, 5) is 30.9. The van der Waals surface area contributed by atoms with Gasteiger partial charge in [0.15, 0.2) is 17.1 Å². The van der Waals surface area contributed by atoms with E-state index in [2.05, 4.69) is 10.1 Å². The molecule has 1 saturated heterocycles. The number of aromatic nitrogens is 3. The van der Waals surface area contributed by atoms with Crippen molar-refractivity contribution in [3.63, 3.8) is 0 Å². The number of likely N-dealkylation sites (tertiary alicyclic amines) is 1. The van der Waals surface area contributed by atoms with E-state index in [0.717, 1.165) is 10.9 Å². The van der Waals surface area contributed by atoms with Gasteiger partial charge in [-0.3, -0.25) is 14.6 Å². The number of carbonyl (C=O) groups excluding carboxylic acids is 1. The Labute approximate surface area is 177 Å². The molecule has 0 N–H and O–H groups in total. The van der Waals surface area contributed by atoms with E-state index in [1.165, 1.54) is 10.7 Å². The van der Waals surface area contributed by atoms with Crippen LogP contribution in [0.1, 0.15) is 10.6 Å². The number of pyridine rings is 1. The number of methoxy groups -OCH3 is 1. The molecule has 0 radical (unpaired) electrons. The van der Waals surface area contributed by atoms with Crippen LogP contribution in [0.2, 0.25) is 0 Å². The normalized spacial score (nSPS) is 13.9. The third-order valence-corrected chi connectivity index (χ3v) is 5.44. The van der Waals surface area contributed by atoms with E-state index in [1.807, 2.05) is 24.3 Å². The lowest BCUT2D eigenvalue weighted by molar-refractivity contribution is 0.0429. The molecule has 0 spiro atoms. The highest BCUT2D eigenvalue weighted by Gasteiger charge is 2.33. The Hall–Kier alpha value is -3.94. The fraction of sp³-hybridized carbons (Fsp3) is 0.217. The third kappa shape index (κ3) is 3.56. The monoisotopic (exact) mass is 416 g/mol. The van der Waals surface area contributed by atoms with Crippen molar-refractivity contribution in [3.8, 4) is 17.0 Å². The van der Waals surface area contributed by atoms with E-state index in [4.69, 9.17) is 9.15 Å². The molecule has 8 nitrogen and oxygen atoms in total. The second kappa shape index (κ2) is 7.71. The first-order valence-electron chi connectivity index (χ1n) is 9.97. The Morgan fingerprint density at radius 3 is 2.84 bits per heavy atom. The molecule has 1 amide bonds. The number of carbonyl (C=O) groups is 1. The first-order chi connectivity index (χ1) is 15.1. The predicted molar refractivity (Wildman–Crippen MR) is 114 cm³/mol. The second-order valence-corrected chi connectivity index (χ2v) is 7.55. The SMILES string of the molecule is COc1cccc2cc(C(=O)N3CC(Cn4nc(-c5cccnc5)ccc4=O)C3)oc12. The highest BCUT2D eigenvalue weighted by Crippen LogP contribution is 2.30. The van der Waals surface area contributed by atoms with Crippen LogP contribution < -0.4 is 10.3 Å². The van der Waals surface area contributed by atoms with Gasteiger partial charge in [-0.2, -0.15) is 5.10 Å². The van der Waals surface area contributed by atoms with Crippen molar-refractivity contribution >= 4 is 16.9 Å². The Balaban J connectivity index is 1.27. The smallest absolute Gasteiger partial charge is 0.289 e. The van der Waals surface area contributed by atoms with E-state index in [-0.39, 0.29) is 23.1 Å². The quantitative estimate of drug-likeness (QED) is 0.497. The van der Waals surface area contributed by atoms with E-state index in [9.17, 15) is 9.59 Å². The maximum atomic E-state index is 12.8. The van der Waals surface area contributed by atoms with Gasteiger partial charge < -0.3 is 14.1 Å². The van der Waals surface area contributed by atoms with E-state index in [0.29, 0.717) is 36.7 Å². The molecule has 5 rings (SSSR count). The molecular formula is C23H20N4O4. The number of hydrogen-bond acceptors (Lipinski definition) is 6. The summed E-state index contributed by atoms with van der Waals surface area (Å²) in [5.41, 5.74) is 1.94. The minimum atomic E-state index is -0.168. The minimum Gasteiger partial charge on any atom is -0.493 e. The van der Waals surface area contributed by atoms with Gasteiger partial charge in [0.25, 0.3) is 11.5 Å². The van der Waals surface area contributed by atoms with Gasteiger partial charge in [-0.05, 0) is 30.3 Å². The summed E-state index contributed by atoms with van der Waals surface area (Å²) in [5.74, 6) is 0.861. The van der Waals surface area contributed by atoms with Gasteiger partial charge in [-0.1, -0.05) is 12.1 Å². The van der Waals surface area contributed by atoms with Gasteiger partial charge in [0, 0.05) is 48.4 Å². The first-order valence-corrected chi connectivity index (χ1v) is 9.97. The number of nitrogens with zero attached hydrogens (tertiary/aromatic N) is 4. The number of amides is 1. The maximum Gasteiger partial charge on any atom is 0.289 e. The lowest BCUT2D eigenvalue weighted by atomic mass is 10.00. The van der Waals surface area contributed by atoms with Crippen molar-refractivity contribution < 1.29 is 13.9 Å². The number of hydrogen-bond donors (Lipinski definition) is 0. The fourth-order valence-electron chi connectivity index (χ4n) is 3.80. The number of ether oxygens (including phenoxy) is 1. The molecule has 0 saturated carbocycles. The van der Waals surface area contributed by atoms with Crippen LogP contribution in [-0.4, -0.2) is 45.8 Å². The molecule has 3 aromatic heterocycles. The van der Waals surface area contributed by atoms with Crippen LogP contribution in [0.3, 0.4) is 0 Å². The number of para-hydroxylation sites is 1. The highest BCUT2D eigenvalue weighted by molar-refractivity contribution is 5.97. The number of fused-ring (bicyclic) bond motifs is 1. The molecule has 1 fully saturated rings. The third-order valence-electron chi connectivity index (χ3n) is 5.44. The van der Waals surface area contributed by atoms with Crippen LogP contribution in [0.15, 0.2) is 70.1 Å². The zero-order valence-electron chi connectivity index (χ0n) is 16.9. The topological polar surface area (TPSA) is 90.5 Å². The molecule has 8 heteroatoms. The summed E-state index contributed by atoms with van der Waals surface area (Å²) in [6, 6.07) is 14.2. The zero-order valence-corrected chi connectivity index (χ0v) is 16.9. The summed E-state index contributed by atoms with van der Waals surface area (Å²) in [5, 5.41) is 5.29. The summed E-state index contributed by atoms with van der Waals surface area (Å²) >= 11 is 0. The molecular weight excluding hydrogens is 396 g/mol. The Morgan fingerprint density at radius 2 is 2.06 bits per heavy atom. The fourth-order valence-corrected chi connectivity index (χ4v) is 3.80. The Morgan fingerprint density at radius 1 is 1.19 bits per heavy atom. The van der Waals surface area contributed by atoms with Crippen molar-refractivity contribution in [2.24, 2.45) is 5.92 Å². The van der Waals surface area contributed by atoms with Crippen molar-refractivity contribution in [1.29, 1.82) is 0 Å². The molecule has 0 bridgehead atoms. The average molecular weight is 416 g/mol. The number of benzene rings is 1. The molecule has 4 heterocycles. The molecule has 4 aromatic rings. The molecule has 156 valence electrons. The molecule has 1 aromatic carbocycles. The van der Waals surface area contributed by atoms with Crippen LogP contribution in [-0.2, 0) is 6.54 Å². The van der Waals surface area contributed by atoms with Gasteiger partial charge in [-0.25, -0.2) is 4.68 Å². The molecule has 0 unspecified atom stereocenters. The molecule has 0 aliphatic carbocycles. The lowest BCUT2D eigenvalue weighted by Gasteiger charge is -2.38. The van der Waals surface area contributed by atoms with Gasteiger partial charge in [0.1, 0.15) is 0 Å². The summed E-state index contributed by atoms with van der Waals surface area (Å²) in [6.45, 7) is 1.53. The van der Waals surface area contributed by atoms with E-state index < -0.39 is 0 Å². The van der Waals surface area contributed by atoms with Crippen LogP contribution in [0, 0.1) is 5.92 Å². The van der Waals surface area contributed by atoms with Gasteiger partial charge in [-0.15, -0.1) is 0 Å². The molecule has 0 atom stereocenters. The largest absolute Gasteiger partial charge is 0.493 e. The molecule has 31 heavy (non-hydrogen) atoms. The summed E-state index contributed by atoms with van der Waals surface area (Å²) in [7, 11) is 1.57. The first kappa shape index (κ1) is 19.0. The predicted octanol–water partition coefficient (Wildman–Crippen LogP) is 2.83. The van der Waals surface area contributed by atoms with Crippen LogP contribution in [0.4, 0.5) is 0 Å². The van der Waals surface area contributed by atoms with Crippen molar-refractivity contribution in [1.82, 2.24) is 19.7 Å². The van der Waals surface area contributed by atoms with Crippen molar-refractivity contribution in [2.45, 2.75) is 6.54 Å². The Kier molecular flexibility index (Phi) is 4.74. The highest BCUT2D eigenvalue weighted by atomic mass is 16.5. The van der Waals surface area contributed by atoms with Crippen LogP contribution >= 0.6 is 0 Å². The molecule has 1 aliphatic rings. The summed E-state index contributed by atoms with van der Waals surface area (Å²) in [6.07, 6.45) is 3.40. The van der Waals surface area contributed by atoms with Crippen molar-refractivity contribution in [2.75, 3.05) is 20.2 Å². The van der Waals surface area contributed by atoms with Gasteiger partial charge >= 0.3 is 0 Å². The molecule has 1 aliphatic heterocycles. The van der Waals surface area contributed by atoms with E-state index >= 15 is 0 Å². The van der Waals surface area contributed by atoms with Gasteiger partial charge in [0.05, 0.1) is 19.3 Å². The lowest BCUT2D eigenvalue weighted by Crippen LogP contribution is -2.52. The maximum absolute atomic E-state index is 12.8. The van der Waals surface area contributed by atoms with E-state index in [1.54, 1.807) is 42.6 Å². The number of rotatable bonds is 5. The summed E-state index contributed by atoms with van der Waals surface area (Å²) < 4.78 is 12.5. The zero-order chi connectivity index (χ0) is 21.4. The minimum absolute atomic E-state index is 0.150. The second-order valence-electron chi connectivity index (χ2n) is 7.55. The Bertz CT molecular complexity index is 1310. The van der Waals surface area contributed by atoms with Gasteiger partial charge in [0.2, 0.25) is 0 Å².